The summed E-state index contributed by atoms with van der Waals surface area (Å²) in [5.74, 6) is 0.376. The summed E-state index contributed by atoms with van der Waals surface area (Å²) in [4.78, 5) is 11.9. The molecule has 0 saturated carbocycles. The molecule has 5 atom stereocenters. The molecule has 0 bridgehead atoms. The highest BCUT2D eigenvalue weighted by molar-refractivity contribution is 5.71. The summed E-state index contributed by atoms with van der Waals surface area (Å²) in [6.45, 7) is -2.77. The molecule has 1 N–H and O–H groups in total. The third kappa shape index (κ3) is 3.06. The van der Waals surface area contributed by atoms with Gasteiger partial charge < -0.3 is 24.2 Å². The van der Waals surface area contributed by atoms with E-state index in [0.29, 0.717) is 17.0 Å². The maximum Gasteiger partial charge on any atom is 0.226 e. The zero-order chi connectivity index (χ0) is 22.6. The van der Waals surface area contributed by atoms with E-state index >= 15 is 0 Å². The molecule has 0 aliphatic carbocycles. The molecule has 2 aliphatic rings. The number of fused-ring (bicyclic) bond motifs is 2. The van der Waals surface area contributed by atoms with Crippen molar-refractivity contribution in [2.24, 2.45) is 4.99 Å². The van der Waals surface area contributed by atoms with Gasteiger partial charge >= 0.3 is 0 Å². The van der Waals surface area contributed by atoms with Gasteiger partial charge in [-0.3, -0.25) is 4.90 Å². The summed E-state index contributed by atoms with van der Waals surface area (Å²) in [6, 6.07) is 5.44. The van der Waals surface area contributed by atoms with Gasteiger partial charge in [-0.2, -0.15) is 10.4 Å². The monoisotopic (exact) mass is 403 g/mol. The molecule has 0 amide bonds. The van der Waals surface area contributed by atoms with Gasteiger partial charge in [0.15, 0.2) is 5.82 Å². The molecule has 0 aromatic carbocycles. The molecule has 2 aromatic heterocycles. The largest absolute Gasteiger partial charge is 0.394 e. The Morgan fingerprint density at radius 3 is 2.86 bits per heavy atom. The third-order valence-electron chi connectivity index (χ3n) is 4.79. The Morgan fingerprint density at radius 1 is 1.41 bits per heavy atom. The van der Waals surface area contributed by atoms with Crippen LogP contribution in [0.15, 0.2) is 23.5 Å². The summed E-state index contributed by atoms with van der Waals surface area (Å²) in [6.07, 6.45) is -1.44. The van der Waals surface area contributed by atoms with Gasteiger partial charge in [0.2, 0.25) is 12.0 Å². The van der Waals surface area contributed by atoms with Crippen LogP contribution in [0.3, 0.4) is 0 Å². The van der Waals surface area contributed by atoms with Crippen molar-refractivity contribution in [1.29, 1.82) is 5.26 Å². The lowest BCUT2D eigenvalue weighted by Gasteiger charge is -2.27. The van der Waals surface area contributed by atoms with Crippen LogP contribution in [-0.2, 0) is 19.8 Å². The van der Waals surface area contributed by atoms with E-state index in [0.717, 1.165) is 0 Å². The van der Waals surface area contributed by atoms with Gasteiger partial charge in [-0.1, -0.05) is 0 Å². The van der Waals surface area contributed by atoms with E-state index in [9.17, 15) is 10.4 Å². The van der Waals surface area contributed by atoms with Crippen molar-refractivity contribution in [1.82, 2.24) is 24.4 Å². The quantitative estimate of drug-likeness (QED) is 0.529. The molecular weight excluding hydrogens is 378 g/mol. The number of aliphatic hydroxyl groups is 1. The predicted molar refractivity (Wildman–Crippen MR) is 101 cm³/mol. The Kier molecular flexibility index (Phi) is 4.36. The zero-order valence-electron chi connectivity index (χ0n) is 18.4. The van der Waals surface area contributed by atoms with Gasteiger partial charge in [-0.05, 0) is 26.2 Å². The second kappa shape index (κ2) is 7.33. The predicted octanol–water partition coefficient (Wildman–Crippen LogP) is -0.310. The number of aromatic nitrogens is 3. The van der Waals surface area contributed by atoms with Gasteiger partial charge in [-0.15, -0.1) is 0 Å². The lowest BCUT2D eigenvalue weighted by Crippen LogP contribution is -2.41. The number of hydrogen-bond acceptors (Lipinski definition) is 9. The van der Waals surface area contributed by atoms with Crippen LogP contribution >= 0.6 is 0 Å². The standard InChI is InChI=1S/C18H23N7O4/c1-23(2)10-21-16-11-5-6-13(25(11)22-9-20-16)18(8-19)15-14(12(7-26)29-18)27-17(28-15)24(3)4/h5-6,9-10,12,14-15,17,26H,7H2,1-4H3/t12-,14-,15-,17?,18+/m1/s1/i7D2. The van der Waals surface area contributed by atoms with E-state index in [1.807, 2.05) is 14.1 Å². The Balaban J connectivity index is 1.84. The molecule has 154 valence electrons. The SMILES string of the molecule is [2H]C([2H])(O)[C@H]1O[C@@](C#N)(c2ccc3c(N=CN(C)C)ncnn23)[C@@H]2OC(N(C)C)O[C@@H]21. The summed E-state index contributed by atoms with van der Waals surface area (Å²) in [7, 11) is 7.09. The van der Waals surface area contributed by atoms with E-state index in [1.165, 1.54) is 10.8 Å². The molecule has 2 aromatic rings. The number of nitriles is 1. The second-order valence-corrected chi connectivity index (χ2v) is 7.25. The van der Waals surface area contributed by atoms with Crippen molar-refractivity contribution in [2.75, 3.05) is 34.7 Å². The van der Waals surface area contributed by atoms with Crippen LogP contribution in [0, 0.1) is 11.3 Å². The Hall–Kier alpha value is -2.62. The highest BCUT2D eigenvalue weighted by Crippen LogP contribution is 2.47. The average Bonchev–Trinajstić information content (AvgIpc) is 3.38. The summed E-state index contributed by atoms with van der Waals surface area (Å²) in [5.41, 5.74) is -0.984. The van der Waals surface area contributed by atoms with Crippen LogP contribution in [0.1, 0.15) is 8.44 Å². The normalized spacial score (nSPS) is 33.1. The number of hydrogen-bond donors (Lipinski definition) is 1. The van der Waals surface area contributed by atoms with E-state index in [1.54, 1.807) is 42.4 Å². The minimum atomic E-state index is -2.77. The molecule has 11 heteroatoms. The second-order valence-electron chi connectivity index (χ2n) is 7.25. The number of ether oxygens (including phenoxy) is 3. The third-order valence-corrected chi connectivity index (χ3v) is 4.79. The minimum Gasteiger partial charge on any atom is -0.394 e. The lowest BCUT2D eigenvalue weighted by molar-refractivity contribution is -0.203. The van der Waals surface area contributed by atoms with Crippen molar-refractivity contribution >= 4 is 17.7 Å². The van der Waals surface area contributed by atoms with Crippen LogP contribution in [0.25, 0.3) is 5.52 Å². The van der Waals surface area contributed by atoms with Crippen LogP contribution in [0.2, 0.25) is 0 Å². The smallest absolute Gasteiger partial charge is 0.226 e. The minimum absolute atomic E-state index is 0.290. The van der Waals surface area contributed by atoms with Crippen molar-refractivity contribution in [2.45, 2.75) is 30.3 Å². The van der Waals surface area contributed by atoms with Crippen LogP contribution in [-0.4, -0.2) is 95.3 Å². The van der Waals surface area contributed by atoms with E-state index in [2.05, 4.69) is 21.1 Å². The highest BCUT2D eigenvalue weighted by Gasteiger charge is 2.64. The van der Waals surface area contributed by atoms with Gasteiger partial charge in [0.1, 0.15) is 36.2 Å². The summed E-state index contributed by atoms with van der Waals surface area (Å²) in [5, 5.41) is 24.6. The van der Waals surface area contributed by atoms with E-state index in [-0.39, 0.29) is 0 Å². The Bertz CT molecular complexity index is 1050. The molecule has 2 aliphatic heterocycles. The van der Waals surface area contributed by atoms with Crippen LogP contribution in [0.5, 0.6) is 0 Å². The van der Waals surface area contributed by atoms with Crippen LogP contribution < -0.4 is 0 Å². The molecule has 29 heavy (non-hydrogen) atoms. The average molecular weight is 403 g/mol. The molecule has 4 rings (SSSR count). The lowest BCUT2D eigenvalue weighted by atomic mass is 9.92. The molecule has 4 heterocycles. The number of aliphatic imine (C=N–C) groups is 1. The van der Waals surface area contributed by atoms with Crippen molar-refractivity contribution in [3.8, 4) is 6.07 Å². The highest BCUT2D eigenvalue weighted by atomic mass is 16.8. The summed E-state index contributed by atoms with van der Waals surface area (Å²) < 4.78 is 34.7. The first-order chi connectivity index (χ1) is 14.6. The first-order valence-electron chi connectivity index (χ1n) is 9.91. The van der Waals surface area contributed by atoms with E-state index in [4.69, 9.17) is 17.0 Å². The molecule has 11 nitrogen and oxygen atoms in total. The fourth-order valence-corrected chi connectivity index (χ4v) is 3.50. The van der Waals surface area contributed by atoms with Crippen molar-refractivity contribution in [3.05, 3.63) is 24.2 Å². The number of rotatable bonds is 5. The zero-order valence-corrected chi connectivity index (χ0v) is 16.4. The molecule has 0 radical (unpaired) electrons. The first-order valence-corrected chi connectivity index (χ1v) is 8.91. The van der Waals surface area contributed by atoms with Crippen molar-refractivity contribution < 1.29 is 22.1 Å². The van der Waals surface area contributed by atoms with Crippen LogP contribution in [0.4, 0.5) is 5.82 Å². The maximum absolute atomic E-state index is 10.2. The fourth-order valence-electron chi connectivity index (χ4n) is 3.50. The van der Waals surface area contributed by atoms with Gasteiger partial charge in [0.05, 0.1) is 21.3 Å². The molecule has 2 fully saturated rings. The summed E-state index contributed by atoms with van der Waals surface area (Å²) >= 11 is 0. The number of nitrogens with zero attached hydrogens (tertiary/aromatic N) is 7. The van der Waals surface area contributed by atoms with Gasteiger partial charge in [0, 0.05) is 14.1 Å². The van der Waals surface area contributed by atoms with Crippen molar-refractivity contribution in [3.63, 3.8) is 0 Å². The Morgan fingerprint density at radius 2 is 2.21 bits per heavy atom. The Labute approximate surface area is 170 Å². The first kappa shape index (κ1) is 17.3. The molecule has 1 unspecified atom stereocenters. The van der Waals surface area contributed by atoms with Gasteiger partial charge in [0.25, 0.3) is 0 Å². The van der Waals surface area contributed by atoms with Gasteiger partial charge in [-0.25, -0.2) is 14.5 Å². The molecule has 0 spiro atoms. The molecule has 2 saturated heterocycles. The van der Waals surface area contributed by atoms with E-state index < -0.39 is 36.9 Å². The topological polar surface area (TPSA) is 121 Å². The molecular formula is C18H23N7O4. The fraction of sp³-hybridized carbons (Fsp3) is 0.556. The maximum atomic E-state index is 10.2.